The van der Waals surface area contributed by atoms with Gasteiger partial charge in [-0.15, -0.1) is 0 Å². The van der Waals surface area contributed by atoms with E-state index in [0.29, 0.717) is 27.7 Å². The number of benzene rings is 2. The number of halogens is 1. The van der Waals surface area contributed by atoms with Crippen molar-refractivity contribution in [3.8, 4) is 11.5 Å². The van der Waals surface area contributed by atoms with Crippen molar-refractivity contribution in [3.05, 3.63) is 59.6 Å². The summed E-state index contributed by atoms with van der Waals surface area (Å²) in [5.41, 5.74) is 1.06. The van der Waals surface area contributed by atoms with Crippen LogP contribution < -0.4 is 15.4 Å². The second kappa shape index (κ2) is 7.56. The van der Waals surface area contributed by atoms with Crippen LogP contribution in [0.3, 0.4) is 0 Å². The molecule has 0 unspecified atom stereocenters. The lowest BCUT2D eigenvalue weighted by atomic mass is 10.2. The molecule has 0 aliphatic rings. The molecule has 0 spiro atoms. The summed E-state index contributed by atoms with van der Waals surface area (Å²) >= 11 is 6.11. The fraction of sp³-hybridized carbons (Fsp3) is 0.118. The zero-order valence-electron chi connectivity index (χ0n) is 12.6. The Bertz CT molecular complexity index is 717. The van der Waals surface area contributed by atoms with Gasteiger partial charge < -0.3 is 20.5 Å². The van der Waals surface area contributed by atoms with Gasteiger partial charge in [0.15, 0.2) is 6.73 Å². The highest BCUT2D eigenvalue weighted by Gasteiger charge is 2.11. The number of carbonyl (C=O) groups is 1. The Morgan fingerprint density at radius 2 is 1.96 bits per heavy atom. The predicted octanol–water partition coefficient (Wildman–Crippen LogP) is 4.01. The van der Waals surface area contributed by atoms with E-state index in [1.165, 1.54) is 12.1 Å². The van der Waals surface area contributed by atoms with Gasteiger partial charge in [0.1, 0.15) is 11.5 Å². The quantitative estimate of drug-likeness (QED) is 0.424. The first kappa shape index (κ1) is 16.7. The monoisotopic (exact) mass is 332 g/mol. The Morgan fingerprint density at radius 3 is 2.61 bits per heavy atom. The van der Waals surface area contributed by atoms with Crippen LogP contribution in [0.1, 0.15) is 6.92 Å². The van der Waals surface area contributed by atoms with Gasteiger partial charge in [0.2, 0.25) is 0 Å². The number of rotatable bonds is 6. The molecule has 0 heterocycles. The molecule has 23 heavy (non-hydrogen) atoms. The van der Waals surface area contributed by atoms with Crippen LogP contribution >= 0.6 is 11.6 Å². The van der Waals surface area contributed by atoms with Crippen molar-refractivity contribution in [2.75, 3.05) is 17.4 Å². The summed E-state index contributed by atoms with van der Waals surface area (Å²) in [7, 11) is 0. The first-order valence-corrected chi connectivity index (χ1v) is 7.26. The second-order valence-corrected chi connectivity index (χ2v) is 5.27. The van der Waals surface area contributed by atoms with E-state index in [4.69, 9.17) is 16.3 Å². The molecule has 1 amide bonds. The number of para-hydroxylation sites is 1. The largest absolute Gasteiger partial charge is 0.506 e. The summed E-state index contributed by atoms with van der Waals surface area (Å²) in [6, 6.07) is 12.2. The molecule has 0 radical (unpaired) electrons. The number of nitrogens with one attached hydrogen (secondary N) is 2. The maximum Gasteiger partial charge on any atom is 0.250 e. The number of phenols is 1. The molecule has 5 nitrogen and oxygen atoms in total. The standard InChI is InChI=1S/C17H17ClN2O3/c1-11(2)17(22)20-14-9-16(21)15(8-13(14)18)19-10-23-12-6-4-3-5-7-12/h3-9,19,21H,1,10H2,2H3,(H,20,22). The molecule has 2 aromatic carbocycles. The number of amides is 1. The molecule has 0 fully saturated rings. The number of ether oxygens (including phenoxy) is 1. The number of carbonyl (C=O) groups excluding carboxylic acids is 1. The fourth-order valence-corrected chi connectivity index (χ4v) is 1.95. The number of phenolic OH excluding ortho intramolecular Hbond substituents is 1. The number of hydrogen-bond donors (Lipinski definition) is 3. The summed E-state index contributed by atoms with van der Waals surface area (Å²) in [5.74, 6) is 0.290. The molecule has 0 saturated heterocycles. The van der Waals surface area contributed by atoms with E-state index < -0.39 is 0 Å². The topological polar surface area (TPSA) is 70.6 Å². The molecule has 2 aromatic rings. The lowest BCUT2D eigenvalue weighted by molar-refractivity contribution is -0.112. The van der Waals surface area contributed by atoms with Crippen LogP contribution in [0.25, 0.3) is 0 Å². The van der Waals surface area contributed by atoms with Gasteiger partial charge >= 0.3 is 0 Å². The fourth-order valence-electron chi connectivity index (χ4n) is 1.74. The Morgan fingerprint density at radius 1 is 1.26 bits per heavy atom. The zero-order chi connectivity index (χ0) is 16.8. The molecule has 3 N–H and O–H groups in total. The third-order valence-electron chi connectivity index (χ3n) is 2.97. The average molecular weight is 333 g/mol. The van der Waals surface area contributed by atoms with E-state index in [2.05, 4.69) is 17.2 Å². The average Bonchev–Trinajstić information content (AvgIpc) is 2.52. The molecular formula is C17H17ClN2O3. The molecule has 2 rings (SSSR count). The first-order valence-electron chi connectivity index (χ1n) is 6.88. The molecule has 6 heteroatoms. The number of hydrogen-bond acceptors (Lipinski definition) is 4. The molecule has 0 aliphatic heterocycles. The van der Waals surface area contributed by atoms with Crippen molar-refractivity contribution in [2.24, 2.45) is 0 Å². The second-order valence-electron chi connectivity index (χ2n) is 4.86. The lowest BCUT2D eigenvalue weighted by Crippen LogP contribution is -2.13. The van der Waals surface area contributed by atoms with Gasteiger partial charge in [0.25, 0.3) is 5.91 Å². The van der Waals surface area contributed by atoms with Crippen molar-refractivity contribution in [1.29, 1.82) is 0 Å². The van der Waals surface area contributed by atoms with Crippen LogP contribution in [-0.4, -0.2) is 17.7 Å². The molecular weight excluding hydrogens is 316 g/mol. The normalized spacial score (nSPS) is 10.0. The molecule has 0 aliphatic carbocycles. The molecule has 0 bridgehead atoms. The Labute approximate surface area is 139 Å². The van der Waals surface area contributed by atoms with Crippen molar-refractivity contribution in [1.82, 2.24) is 0 Å². The minimum Gasteiger partial charge on any atom is -0.506 e. The van der Waals surface area contributed by atoms with Crippen molar-refractivity contribution < 1.29 is 14.6 Å². The van der Waals surface area contributed by atoms with Gasteiger partial charge in [-0.2, -0.15) is 0 Å². The summed E-state index contributed by atoms with van der Waals surface area (Å²) in [6.07, 6.45) is 0. The van der Waals surface area contributed by atoms with Gasteiger partial charge in [-0.25, -0.2) is 0 Å². The van der Waals surface area contributed by atoms with Crippen molar-refractivity contribution in [3.63, 3.8) is 0 Å². The van der Waals surface area contributed by atoms with Gasteiger partial charge in [0.05, 0.1) is 16.4 Å². The Kier molecular flexibility index (Phi) is 5.49. The highest BCUT2D eigenvalue weighted by Crippen LogP contribution is 2.34. The van der Waals surface area contributed by atoms with Crippen LogP contribution in [-0.2, 0) is 4.79 Å². The van der Waals surface area contributed by atoms with Crippen LogP contribution in [0.5, 0.6) is 11.5 Å². The van der Waals surface area contributed by atoms with E-state index in [9.17, 15) is 9.90 Å². The number of aromatic hydroxyl groups is 1. The lowest BCUT2D eigenvalue weighted by Gasteiger charge is -2.13. The molecule has 0 aromatic heterocycles. The van der Waals surface area contributed by atoms with E-state index >= 15 is 0 Å². The first-order chi connectivity index (χ1) is 11.0. The molecule has 0 saturated carbocycles. The highest BCUT2D eigenvalue weighted by atomic mass is 35.5. The molecule has 120 valence electrons. The summed E-state index contributed by atoms with van der Waals surface area (Å²) in [6.45, 7) is 5.29. The zero-order valence-corrected chi connectivity index (χ0v) is 13.4. The minimum absolute atomic E-state index is 0.0527. The Hall–Kier alpha value is -2.66. The summed E-state index contributed by atoms with van der Waals surface area (Å²) in [5, 5.41) is 15.8. The van der Waals surface area contributed by atoms with Gasteiger partial charge in [-0.1, -0.05) is 36.4 Å². The van der Waals surface area contributed by atoms with Crippen LogP contribution in [0, 0.1) is 0 Å². The van der Waals surface area contributed by atoms with Crippen LogP contribution in [0.2, 0.25) is 5.02 Å². The van der Waals surface area contributed by atoms with E-state index in [-0.39, 0.29) is 18.4 Å². The maximum atomic E-state index is 11.6. The van der Waals surface area contributed by atoms with Crippen molar-refractivity contribution in [2.45, 2.75) is 6.92 Å². The third-order valence-corrected chi connectivity index (χ3v) is 3.28. The smallest absolute Gasteiger partial charge is 0.250 e. The molecule has 0 atom stereocenters. The minimum atomic E-state index is -0.362. The van der Waals surface area contributed by atoms with Crippen LogP contribution in [0.4, 0.5) is 11.4 Å². The maximum absolute atomic E-state index is 11.6. The van der Waals surface area contributed by atoms with Gasteiger partial charge in [-0.3, -0.25) is 4.79 Å². The third kappa shape index (κ3) is 4.66. The summed E-state index contributed by atoms with van der Waals surface area (Å²) < 4.78 is 5.48. The van der Waals surface area contributed by atoms with Crippen LogP contribution in [0.15, 0.2) is 54.6 Å². The van der Waals surface area contributed by atoms with Gasteiger partial charge in [0, 0.05) is 11.6 Å². The van der Waals surface area contributed by atoms with E-state index in [1.807, 2.05) is 30.3 Å². The Balaban J connectivity index is 2.02. The highest BCUT2D eigenvalue weighted by molar-refractivity contribution is 6.34. The van der Waals surface area contributed by atoms with E-state index in [1.54, 1.807) is 6.92 Å². The van der Waals surface area contributed by atoms with Crippen molar-refractivity contribution >= 4 is 28.9 Å². The van der Waals surface area contributed by atoms with Gasteiger partial charge in [-0.05, 0) is 25.1 Å². The summed E-state index contributed by atoms with van der Waals surface area (Å²) in [4.78, 5) is 11.6. The van der Waals surface area contributed by atoms with E-state index in [0.717, 1.165) is 0 Å². The SMILES string of the molecule is C=C(C)C(=O)Nc1cc(O)c(NCOc2ccccc2)cc1Cl. The number of anilines is 2. The predicted molar refractivity (Wildman–Crippen MR) is 92.1 cm³/mol.